The predicted octanol–water partition coefficient (Wildman–Crippen LogP) is 2.17. The second-order valence-electron chi connectivity index (χ2n) is 3.45. The Morgan fingerprint density at radius 2 is 2.06 bits per heavy atom. The monoisotopic (exact) mass is 325 g/mol. The largest absolute Gasteiger partial charge is 0.296 e. The number of benzene rings is 1. The van der Waals surface area contributed by atoms with E-state index in [1.807, 2.05) is 13.8 Å². The van der Waals surface area contributed by atoms with Crippen LogP contribution in [0.1, 0.15) is 38.2 Å². The van der Waals surface area contributed by atoms with Gasteiger partial charge in [0.25, 0.3) is 0 Å². The van der Waals surface area contributed by atoms with Crippen LogP contribution in [0.3, 0.4) is 0 Å². The number of carbonyl (C=O) groups excluding carboxylic acids is 2. The second-order valence-corrected chi connectivity index (χ2v) is 3.45. The second kappa shape index (κ2) is 8.49. The van der Waals surface area contributed by atoms with E-state index < -0.39 is 17.6 Å². The summed E-state index contributed by atoms with van der Waals surface area (Å²) in [6, 6.07) is 6.86. The van der Waals surface area contributed by atoms with Crippen LogP contribution in [0.25, 0.3) is 0 Å². The van der Waals surface area contributed by atoms with Crippen molar-refractivity contribution in [1.29, 1.82) is 0 Å². The molecule has 5 heteroatoms. The molecule has 1 heterocycles. The summed E-state index contributed by atoms with van der Waals surface area (Å²) in [7, 11) is 0. The third-order valence-corrected chi connectivity index (χ3v) is 2.46. The summed E-state index contributed by atoms with van der Waals surface area (Å²) in [4.78, 5) is 22.4. The maximum atomic E-state index is 13.3. The standard InChI is InChI=1S/C11H9FNO2.C2H6.Y/c12-9-4-2-1-3-7(9)8-5-6-10(14)13-11(8)15;1-2;/h1,3-4,8H,5-6H2,(H,13,14,15);1-2H3;/q-1;;. The first kappa shape index (κ1) is 17.4. The van der Waals surface area contributed by atoms with Gasteiger partial charge in [-0.2, -0.15) is 18.2 Å². The van der Waals surface area contributed by atoms with Crippen LogP contribution in [-0.2, 0) is 42.3 Å². The molecule has 1 saturated heterocycles. The fourth-order valence-corrected chi connectivity index (χ4v) is 1.69. The molecule has 1 atom stereocenters. The summed E-state index contributed by atoms with van der Waals surface area (Å²) in [5.74, 6) is -1.72. The number of hydrogen-bond acceptors (Lipinski definition) is 2. The molecule has 1 aromatic rings. The fourth-order valence-electron chi connectivity index (χ4n) is 1.69. The quantitative estimate of drug-likeness (QED) is 0.635. The zero-order valence-electron chi connectivity index (χ0n) is 10.5. The summed E-state index contributed by atoms with van der Waals surface area (Å²) in [5, 5.41) is 2.20. The summed E-state index contributed by atoms with van der Waals surface area (Å²) in [6.45, 7) is 4.00. The first-order valence-electron chi connectivity index (χ1n) is 5.67. The summed E-state index contributed by atoms with van der Waals surface area (Å²) < 4.78 is 13.3. The molecule has 1 unspecified atom stereocenters. The number of rotatable bonds is 1. The summed E-state index contributed by atoms with van der Waals surface area (Å²) in [6.07, 6.45) is 0.625. The van der Waals surface area contributed by atoms with Gasteiger partial charge in [0.15, 0.2) is 0 Å². The molecule has 0 aliphatic carbocycles. The van der Waals surface area contributed by atoms with Gasteiger partial charge in [0.1, 0.15) is 0 Å². The van der Waals surface area contributed by atoms with Crippen molar-refractivity contribution < 1.29 is 46.7 Å². The van der Waals surface area contributed by atoms with E-state index in [2.05, 4.69) is 11.4 Å². The Labute approximate surface area is 131 Å². The molecular formula is C13H15FNO2Y-. The molecule has 0 saturated carbocycles. The fraction of sp³-hybridized carbons (Fsp3) is 0.385. The number of nitrogens with one attached hydrogen (secondary N) is 1. The molecule has 1 aliphatic heterocycles. The molecule has 2 rings (SSSR count). The van der Waals surface area contributed by atoms with Crippen molar-refractivity contribution in [2.24, 2.45) is 0 Å². The Kier molecular flexibility index (Phi) is 8.20. The molecule has 0 bridgehead atoms. The van der Waals surface area contributed by atoms with Crippen LogP contribution in [0.5, 0.6) is 0 Å². The van der Waals surface area contributed by atoms with Gasteiger partial charge in [-0.1, -0.05) is 13.8 Å². The van der Waals surface area contributed by atoms with E-state index in [1.54, 1.807) is 6.07 Å². The number of imide groups is 1. The maximum Gasteiger partial charge on any atom is 0.232 e. The van der Waals surface area contributed by atoms with E-state index in [0.717, 1.165) is 0 Å². The molecule has 3 nitrogen and oxygen atoms in total. The van der Waals surface area contributed by atoms with Crippen molar-refractivity contribution in [2.45, 2.75) is 32.6 Å². The van der Waals surface area contributed by atoms with Crippen molar-refractivity contribution in [1.82, 2.24) is 5.32 Å². The molecule has 0 spiro atoms. The summed E-state index contributed by atoms with van der Waals surface area (Å²) >= 11 is 0. The van der Waals surface area contributed by atoms with Crippen LogP contribution in [0, 0.1) is 11.9 Å². The van der Waals surface area contributed by atoms with Crippen LogP contribution in [0.2, 0.25) is 0 Å². The van der Waals surface area contributed by atoms with Gasteiger partial charge in [0.2, 0.25) is 11.8 Å². The Bertz CT molecular complexity index is 423. The van der Waals surface area contributed by atoms with Gasteiger partial charge in [-0.15, -0.1) is 11.6 Å². The number of carbonyl (C=O) groups is 2. The normalized spacial score (nSPS) is 18.1. The van der Waals surface area contributed by atoms with Gasteiger partial charge in [-0.05, 0) is 6.42 Å². The van der Waals surface area contributed by atoms with E-state index in [9.17, 15) is 14.0 Å². The zero-order chi connectivity index (χ0) is 12.8. The van der Waals surface area contributed by atoms with E-state index in [4.69, 9.17) is 0 Å². The molecule has 1 fully saturated rings. The Hall–Kier alpha value is -0.606. The molecule has 2 amide bonds. The van der Waals surface area contributed by atoms with Gasteiger partial charge < -0.3 is 0 Å². The number of piperidine rings is 1. The first-order chi connectivity index (χ1) is 8.18. The van der Waals surface area contributed by atoms with Crippen molar-refractivity contribution in [3.05, 3.63) is 35.6 Å². The molecule has 1 aliphatic rings. The van der Waals surface area contributed by atoms with Gasteiger partial charge in [-0.25, -0.2) is 0 Å². The Morgan fingerprint density at radius 1 is 1.39 bits per heavy atom. The van der Waals surface area contributed by atoms with E-state index in [-0.39, 0.29) is 45.0 Å². The van der Waals surface area contributed by atoms with Gasteiger partial charge in [0.05, 0.1) is 0 Å². The zero-order valence-corrected chi connectivity index (χ0v) is 13.3. The first-order valence-corrected chi connectivity index (χ1v) is 5.67. The minimum atomic E-state index is -0.558. The number of amides is 2. The smallest absolute Gasteiger partial charge is 0.232 e. The number of hydrogen-bond donors (Lipinski definition) is 1. The molecular weight excluding hydrogens is 310 g/mol. The molecule has 0 aromatic heterocycles. The predicted molar refractivity (Wildman–Crippen MR) is 61.7 cm³/mol. The van der Waals surface area contributed by atoms with Crippen LogP contribution in [0.4, 0.5) is 4.39 Å². The van der Waals surface area contributed by atoms with Crippen LogP contribution < -0.4 is 5.32 Å². The molecule has 95 valence electrons. The molecule has 18 heavy (non-hydrogen) atoms. The van der Waals surface area contributed by atoms with Crippen molar-refractivity contribution in [3.8, 4) is 0 Å². The van der Waals surface area contributed by atoms with Crippen LogP contribution >= 0.6 is 0 Å². The SMILES string of the molecule is CC.O=C1CCC(c2cc[c-]cc2F)C(=O)N1.[Y]. The minimum Gasteiger partial charge on any atom is -0.296 e. The topological polar surface area (TPSA) is 46.2 Å². The Morgan fingerprint density at radius 3 is 2.61 bits per heavy atom. The van der Waals surface area contributed by atoms with E-state index in [1.165, 1.54) is 12.1 Å². The van der Waals surface area contributed by atoms with Crippen molar-refractivity contribution >= 4 is 11.8 Å². The third-order valence-electron chi connectivity index (χ3n) is 2.46. The maximum absolute atomic E-state index is 13.3. The Balaban J connectivity index is 0.000000917. The van der Waals surface area contributed by atoms with Crippen molar-refractivity contribution in [2.75, 3.05) is 0 Å². The number of halogens is 1. The average molecular weight is 325 g/mol. The van der Waals surface area contributed by atoms with Crippen LogP contribution in [-0.4, -0.2) is 11.8 Å². The molecule has 1 aromatic carbocycles. The molecule has 1 radical (unpaired) electrons. The van der Waals surface area contributed by atoms with Gasteiger partial charge in [-0.3, -0.25) is 19.3 Å². The van der Waals surface area contributed by atoms with Gasteiger partial charge >= 0.3 is 0 Å². The van der Waals surface area contributed by atoms with Gasteiger partial charge in [0, 0.05) is 50.9 Å². The minimum absolute atomic E-state index is 0. The summed E-state index contributed by atoms with van der Waals surface area (Å²) in [5.41, 5.74) is 0.332. The van der Waals surface area contributed by atoms with Crippen molar-refractivity contribution in [3.63, 3.8) is 0 Å². The van der Waals surface area contributed by atoms with E-state index >= 15 is 0 Å². The van der Waals surface area contributed by atoms with E-state index in [0.29, 0.717) is 12.0 Å². The average Bonchev–Trinajstić information content (AvgIpc) is 2.33. The molecule has 1 N–H and O–H groups in total. The third kappa shape index (κ3) is 4.25. The van der Waals surface area contributed by atoms with Crippen LogP contribution in [0.15, 0.2) is 18.2 Å².